The van der Waals surface area contributed by atoms with Crippen molar-refractivity contribution in [2.24, 2.45) is 0 Å². The van der Waals surface area contributed by atoms with Crippen molar-refractivity contribution in [3.8, 4) is 0 Å². The minimum Gasteiger partial charge on any atom is -0.465 e. The quantitative estimate of drug-likeness (QED) is 0.733. The molecule has 0 aliphatic rings. The summed E-state index contributed by atoms with van der Waals surface area (Å²) in [6, 6.07) is 7.28. The second-order valence-electron chi connectivity index (χ2n) is 3.11. The Kier molecular flexibility index (Phi) is 4.49. The number of ether oxygens (including phenoxy) is 1. The minimum atomic E-state index is -1.30. The van der Waals surface area contributed by atoms with Crippen LogP contribution in [0.1, 0.15) is 12.5 Å². The first-order valence-corrected chi connectivity index (χ1v) is 6.06. The minimum absolute atomic E-state index is 0.0725. The van der Waals surface area contributed by atoms with Crippen LogP contribution in [-0.4, -0.2) is 22.5 Å². The van der Waals surface area contributed by atoms with Gasteiger partial charge in [-0.2, -0.15) is 0 Å². The summed E-state index contributed by atoms with van der Waals surface area (Å²) < 4.78 is 16.4. The molecule has 0 bridgehead atoms. The molecule has 4 heteroatoms. The van der Waals surface area contributed by atoms with Gasteiger partial charge in [-0.05, 0) is 26.0 Å². The van der Waals surface area contributed by atoms with Crippen LogP contribution >= 0.6 is 0 Å². The molecule has 0 fully saturated rings. The zero-order valence-corrected chi connectivity index (χ0v) is 9.67. The van der Waals surface area contributed by atoms with Crippen LogP contribution in [0.4, 0.5) is 0 Å². The Morgan fingerprint density at radius 3 is 2.47 bits per heavy atom. The molecule has 1 aromatic carbocycles. The van der Waals surface area contributed by atoms with Crippen LogP contribution in [0.3, 0.4) is 0 Å². The van der Waals surface area contributed by atoms with E-state index in [2.05, 4.69) is 0 Å². The van der Waals surface area contributed by atoms with Crippen LogP contribution in [0.15, 0.2) is 29.2 Å². The van der Waals surface area contributed by atoms with Crippen molar-refractivity contribution in [1.29, 1.82) is 0 Å². The molecule has 0 radical (unpaired) electrons. The number of benzene rings is 1. The van der Waals surface area contributed by atoms with E-state index in [0.717, 1.165) is 5.56 Å². The first kappa shape index (κ1) is 11.9. The Labute approximate surface area is 91.9 Å². The topological polar surface area (TPSA) is 43.4 Å². The lowest BCUT2D eigenvalue weighted by molar-refractivity contribution is -0.139. The number of esters is 1. The summed E-state index contributed by atoms with van der Waals surface area (Å²) in [5, 5.41) is 0. The Balaban J connectivity index is 2.61. The Morgan fingerprint density at radius 1 is 1.33 bits per heavy atom. The van der Waals surface area contributed by atoms with Gasteiger partial charge in [0.2, 0.25) is 0 Å². The lowest BCUT2D eigenvalue weighted by Crippen LogP contribution is -2.13. The van der Waals surface area contributed by atoms with E-state index in [1.807, 2.05) is 19.1 Å². The molecule has 1 unspecified atom stereocenters. The van der Waals surface area contributed by atoms with E-state index < -0.39 is 16.8 Å². The van der Waals surface area contributed by atoms with Crippen LogP contribution in [0, 0.1) is 6.92 Å². The van der Waals surface area contributed by atoms with Gasteiger partial charge in [0.05, 0.1) is 17.4 Å². The normalized spacial score (nSPS) is 12.1. The number of rotatable bonds is 4. The van der Waals surface area contributed by atoms with E-state index in [-0.39, 0.29) is 5.75 Å². The third-order valence-electron chi connectivity index (χ3n) is 1.84. The Hall–Kier alpha value is -1.16. The maximum atomic E-state index is 11.7. The predicted octanol–water partition coefficient (Wildman–Crippen LogP) is 1.67. The maximum Gasteiger partial charge on any atom is 0.318 e. The smallest absolute Gasteiger partial charge is 0.318 e. The lowest BCUT2D eigenvalue weighted by Gasteiger charge is -2.02. The van der Waals surface area contributed by atoms with E-state index in [0.29, 0.717) is 11.5 Å². The summed E-state index contributed by atoms with van der Waals surface area (Å²) in [5.41, 5.74) is 1.10. The fraction of sp³-hybridized carbons (Fsp3) is 0.364. The summed E-state index contributed by atoms with van der Waals surface area (Å²) in [5.74, 6) is -0.493. The van der Waals surface area contributed by atoms with E-state index in [1.165, 1.54) is 0 Å². The molecule has 15 heavy (non-hydrogen) atoms. The SMILES string of the molecule is CCOC(=O)CS(=O)c1ccc(C)cc1. The van der Waals surface area contributed by atoms with E-state index in [9.17, 15) is 9.00 Å². The van der Waals surface area contributed by atoms with Crippen LogP contribution in [0.2, 0.25) is 0 Å². The van der Waals surface area contributed by atoms with Crippen molar-refractivity contribution in [3.05, 3.63) is 29.8 Å². The second kappa shape index (κ2) is 5.66. The van der Waals surface area contributed by atoms with Gasteiger partial charge in [-0.15, -0.1) is 0 Å². The van der Waals surface area contributed by atoms with E-state index in [4.69, 9.17) is 4.74 Å². The molecule has 0 spiro atoms. The molecular weight excluding hydrogens is 212 g/mol. The number of aryl methyl sites for hydroxylation is 1. The van der Waals surface area contributed by atoms with Gasteiger partial charge >= 0.3 is 5.97 Å². The highest BCUT2D eigenvalue weighted by Crippen LogP contribution is 2.08. The van der Waals surface area contributed by atoms with Gasteiger partial charge in [0.15, 0.2) is 0 Å². The molecule has 3 nitrogen and oxygen atoms in total. The molecule has 0 aliphatic heterocycles. The third kappa shape index (κ3) is 3.83. The number of carbonyl (C=O) groups is 1. The molecule has 0 saturated carbocycles. The van der Waals surface area contributed by atoms with Crippen molar-refractivity contribution in [1.82, 2.24) is 0 Å². The molecule has 0 heterocycles. The van der Waals surface area contributed by atoms with Crippen LogP contribution in [-0.2, 0) is 20.3 Å². The van der Waals surface area contributed by atoms with Crippen LogP contribution < -0.4 is 0 Å². The fourth-order valence-electron chi connectivity index (χ4n) is 1.08. The van der Waals surface area contributed by atoms with Gasteiger partial charge in [0.25, 0.3) is 0 Å². The van der Waals surface area contributed by atoms with Crippen molar-refractivity contribution >= 4 is 16.8 Å². The molecule has 0 aliphatic carbocycles. The number of hydrogen-bond donors (Lipinski definition) is 0. The summed E-state index contributed by atoms with van der Waals surface area (Å²) in [4.78, 5) is 11.7. The first-order chi connectivity index (χ1) is 7.13. The van der Waals surface area contributed by atoms with Crippen LogP contribution in [0.25, 0.3) is 0 Å². The maximum absolute atomic E-state index is 11.7. The highest BCUT2D eigenvalue weighted by atomic mass is 32.2. The first-order valence-electron chi connectivity index (χ1n) is 4.74. The molecule has 0 aromatic heterocycles. The zero-order chi connectivity index (χ0) is 11.3. The van der Waals surface area contributed by atoms with Gasteiger partial charge < -0.3 is 4.74 Å². The zero-order valence-electron chi connectivity index (χ0n) is 8.86. The molecule has 0 saturated heterocycles. The van der Waals surface area contributed by atoms with E-state index >= 15 is 0 Å². The van der Waals surface area contributed by atoms with Crippen molar-refractivity contribution < 1.29 is 13.7 Å². The number of carbonyl (C=O) groups excluding carboxylic acids is 1. The van der Waals surface area contributed by atoms with Gasteiger partial charge in [-0.25, -0.2) is 0 Å². The van der Waals surface area contributed by atoms with Gasteiger partial charge in [0.1, 0.15) is 5.75 Å². The highest BCUT2D eigenvalue weighted by molar-refractivity contribution is 7.85. The van der Waals surface area contributed by atoms with Crippen molar-refractivity contribution in [2.45, 2.75) is 18.7 Å². The second-order valence-corrected chi connectivity index (χ2v) is 4.56. The molecule has 0 amide bonds. The van der Waals surface area contributed by atoms with Gasteiger partial charge in [-0.1, -0.05) is 17.7 Å². The Bertz CT molecular complexity index is 357. The standard InChI is InChI=1S/C11H14O3S/c1-3-14-11(12)8-15(13)10-6-4-9(2)5-7-10/h4-7H,3,8H2,1-2H3. The summed E-state index contributed by atoms with van der Waals surface area (Å²) in [7, 11) is -1.30. The van der Waals surface area contributed by atoms with Crippen molar-refractivity contribution in [2.75, 3.05) is 12.4 Å². The molecule has 0 N–H and O–H groups in total. The summed E-state index contributed by atoms with van der Waals surface area (Å²) >= 11 is 0. The summed E-state index contributed by atoms with van der Waals surface area (Å²) in [6.45, 7) is 4.01. The molecule has 1 aromatic rings. The lowest BCUT2D eigenvalue weighted by atomic mass is 10.2. The Morgan fingerprint density at radius 2 is 1.93 bits per heavy atom. The van der Waals surface area contributed by atoms with E-state index in [1.54, 1.807) is 19.1 Å². The monoisotopic (exact) mass is 226 g/mol. The van der Waals surface area contributed by atoms with Crippen LogP contribution in [0.5, 0.6) is 0 Å². The van der Waals surface area contributed by atoms with Gasteiger partial charge in [-0.3, -0.25) is 9.00 Å². The highest BCUT2D eigenvalue weighted by Gasteiger charge is 2.10. The predicted molar refractivity (Wildman–Crippen MR) is 59.1 cm³/mol. The fourth-order valence-corrected chi connectivity index (χ4v) is 1.99. The third-order valence-corrected chi connectivity index (χ3v) is 3.13. The summed E-state index contributed by atoms with van der Waals surface area (Å²) in [6.07, 6.45) is 0. The molecule has 1 rings (SSSR count). The van der Waals surface area contributed by atoms with Crippen molar-refractivity contribution in [3.63, 3.8) is 0 Å². The molecule has 82 valence electrons. The molecule has 1 atom stereocenters. The average Bonchev–Trinajstić information content (AvgIpc) is 2.18. The number of hydrogen-bond acceptors (Lipinski definition) is 3. The largest absolute Gasteiger partial charge is 0.465 e. The van der Waals surface area contributed by atoms with Gasteiger partial charge in [0, 0.05) is 4.90 Å². The molecular formula is C11H14O3S. The average molecular weight is 226 g/mol.